The van der Waals surface area contributed by atoms with Gasteiger partial charge in [-0.2, -0.15) is 13.2 Å². The maximum absolute atomic E-state index is 12.9. The second-order valence-corrected chi connectivity index (χ2v) is 10.3. The van der Waals surface area contributed by atoms with Gasteiger partial charge in [0.05, 0.1) is 10.5 Å². The molecule has 1 aromatic rings. The highest BCUT2D eigenvalue weighted by Crippen LogP contribution is 2.52. The Hall–Kier alpha value is -1.61. The Bertz CT molecular complexity index is 856. The Morgan fingerprint density at radius 3 is 2.38 bits per heavy atom. The van der Waals surface area contributed by atoms with E-state index in [-0.39, 0.29) is 11.3 Å². The van der Waals surface area contributed by atoms with Gasteiger partial charge in [-0.15, -0.1) is 0 Å². The molecule has 1 aliphatic heterocycles. The summed E-state index contributed by atoms with van der Waals surface area (Å²) in [6.45, 7) is 5.10. The van der Waals surface area contributed by atoms with Gasteiger partial charge in [0.25, 0.3) is 0 Å². The summed E-state index contributed by atoms with van der Waals surface area (Å²) in [4.78, 5) is 14.3. The molecule has 5 nitrogen and oxygen atoms in total. The van der Waals surface area contributed by atoms with E-state index in [1.165, 1.54) is 0 Å². The van der Waals surface area contributed by atoms with Gasteiger partial charge in [-0.05, 0) is 56.2 Å². The van der Waals surface area contributed by atoms with Crippen molar-refractivity contribution >= 4 is 15.9 Å². The highest BCUT2D eigenvalue weighted by atomic mass is 32.2. The summed E-state index contributed by atoms with van der Waals surface area (Å²) in [6, 6.07) is 3.32. The van der Waals surface area contributed by atoms with E-state index in [0.717, 1.165) is 37.5 Å². The number of halogens is 3. The Labute approximate surface area is 169 Å². The molecule has 1 saturated heterocycles. The Balaban J connectivity index is 1.60. The van der Waals surface area contributed by atoms with Crippen LogP contribution < -0.4 is 4.72 Å². The first-order valence-electron chi connectivity index (χ1n) is 9.92. The van der Waals surface area contributed by atoms with Gasteiger partial charge in [0.15, 0.2) is 0 Å². The van der Waals surface area contributed by atoms with Crippen molar-refractivity contribution in [3.05, 3.63) is 29.8 Å². The van der Waals surface area contributed by atoms with Gasteiger partial charge >= 0.3 is 6.18 Å². The number of benzene rings is 1. The van der Waals surface area contributed by atoms with Crippen molar-refractivity contribution < 1.29 is 26.4 Å². The average molecular weight is 433 g/mol. The predicted octanol–water partition coefficient (Wildman–Crippen LogP) is 3.80. The van der Waals surface area contributed by atoms with Crippen LogP contribution in [-0.4, -0.2) is 38.4 Å². The number of carbonyl (C=O) groups is 1. The van der Waals surface area contributed by atoms with E-state index in [1.54, 1.807) is 0 Å². The third-order valence-electron chi connectivity index (χ3n) is 5.68. The lowest BCUT2D eigenvalue weighted by Crippen LogP contribution is -2.48. The zero-order valence-corrected chi connectivity index (χ0v) is 17.4. The molecule has 2 aliphatic rings. The first kappa shape index (κ1) is 22.1. The van der Waals surface area contributed by atoms with Crippen molar-refractivity contribution in [3.63, 3.8) is 0 Å². The van der Waals surface area contributed by atoms with E-state index in [2.05, 4.69) is 18.6 Å². The second kappa shape index (κ2) is 7.91. The van der Waals surface area contributed by atoms with Crippen LogP contribution in [0.3, 0.4) is 0 Å². The molecule has 1 N–H and O–H groups in total. The molecule has 29 heavy (non-hydrogen) atoms. The second-order valence-electron chi connectivity index (χ2n) is 8.59. The highest BCUT2D eigenvalue weighted by Gasteiger charge is 2.51. The molecule has 3 rings (SSSR count). The van der Waals surface area contributed by atoms with Gasteiger partial charge in [0, 0.05) is 24.5 Å². The van der Waals surface area contributed by atoms with E-state index < -0.39 is 32.7 Å². The summed E-state index contributed by atoms with van der Waals surface area (Å²) in [5, 5.41) is 0. The number of carbonyl (C=O) groups excluding carboxylic acids is 1. The summed E-state index contributed by atoms with van der Waals surface area (Å²) < 4.78 is 66.1. The van der Waals surface area contributed by atoms with Gasteiger partial charge < -0.3 is 4.90 Å². The summed E-state index contributed by atoms with van der Waals surface area (Å²) >= 11 is 0. The Morgan fingerprint density at radius 1 is 1.24 bits per heavy atom. The van der Waals surface area contributed by atoms with Crippen molar-refractivity contribution in [2.45, 2.75) is 63.1 Å². The smallest absolute Gasteiger partial charge is 0.342 e. The summed E-state index contributed by atoms with van der Waals surface area (Å²) in [5.74, 6) is 0.601. The zero-order valence-electron chi connectivity index (χ0n) is 16.6. The van der Waals surface area contributed by atoms with E-state index in [9.17, 15) is 26.4 Å². The Kier molecular flexibility index (Phi) is 6.02. The minimum atomic E-state index is -4.61. The van der Waals surface area contributed by atoms with Crippen molar-refractivity contribution in [3.8, 4) is 0 Å². The molecule has 1 saturated carbocycles. The molecule has 1 aliphatic carbocycles. The normalized spacial score (nSPS) is 20.1. The SMILES string of the molecule is CC(C)CC1(C(=O)N2CCC(NS(=O)(=O)c3cccc(C(F)(F)F)c3)CC2)CC1. The van der Waals surface area contributed by atoms with Gasteiger partial charge in [0.1, 0.15) is 0 Å². The zero-order chi connectivity index (χ0) is 21.4. The van der Waals surface area contributed by atoms with Crippen LogP contribution in [-0.2, 0) is 21.0 Å². The van der Waals surface area contributed by atoms with E-state index in [0.29, 0.717) is 37.9 Å². The van der Waals surface area contributed by atoms with Crippen LogP contribution in [0.2, 0.25) is 0 Å². The maximum atomic E-state index is 12.9. The lowest BCUT2D eigenvalue weighted by Gasteiger charge is -2.35. The van der Waals surface area contributed by atoms with Crippen LogP contribution >= 0.6 is 0 Å². The van der Waals surface area contributed by atoms with Gasteiger partial charge in [-0.25, -0.2) is 13.1 Å². The van der Waals surface area contributed by atoms with E-state index in [4.69, 9.17) is 0 Å². The number of sulfonamides is 1. The molecule has 9 heteroatoms. The monoisotopic (exact) mass is 432 g/mol. The summed E-state index contributed by atoms with van der Waals surface area (Å²) in [5.41, 5.74) is -1.24. The number of hydrogen-bond acceptors (Lipinski definition) is 3. The minimum absolute atomic E-state index is 0.158. The maximum Gasteiger partial charge on any atom is 0.416 e. The van der Waals surface area contributed by atoms with Crippen molar-refractivity contribution in [2.24, 2.45) is 11.3 Å². The topological polar surface area (TPSA) is 66.5 Å². The molecule has 1 heterocycles. The fraction of sp³-hybridized carbons (Fsp3) is 0.650. The molecule has 0 radical (unpaired) electrons. The van der Waals surface area contributed by atoms with Crippen LogP contribution in [0, 0.1) is 11.3 Å². The van der Waals surface area contributed by atoms with Gasteiger partial charge in [-0.3, -0.25) is 4.79 Å². The first-order valence-corrected chi connectivity index (χ1v) is 11.4. The molecular weight excluding hydrogens is 405 g/mol. The van der Waals surface area contributed by atoms with E-state index in [1.807, 2.05) is 4.90 Å². The number of piperidine rings is 1. The molecule has 0 spiro atoms. The number of amides is 1. The molecule has 162 valence electrons. The molecule has 2 fully saturated rings. The molecular formula is C20H27F3N2O3S. The number of likely N-dealkylation sites (tertiary alicyclic amines) is 1. The largest absolute Gasteiger partial charge is 0.416 e. The summed E-state index contributed by atoms with van der Waals surface area (Å²) in [6.07, 6.45) is -1.03. The molecule has 0 bridgehead atoms. The first-order chi connectivity index (χ1) is 13.4. The van der Waals surface area contributed by atoms with Crippen LogP contribution in [0.4, 0.5) is 13.2 Å². The van der Waals surface area contributed by atoms with E-state index >= 15 is 0 Å². The number of alkyl halides is 3. The standard InChI is InChI=1S/C20H27F3N2O3S/c1-14(2)13-19(8-9-19)18(26)25-10-6-16(7-11-25)24-29(27,28)17-5-3-4-15(12-17)20(21,22)23/h3-5,12,14,16,24H,6-11,13H2,1-2H3. The number of hydrogen-bond donors (Lipinski definition) is 1. The lowest BCUT2D eigenvalue weighted by molar-refractivity contribution is -0.139. The predicted molar refractivity (Wildman–Crippen MR) is 102 cm³/mol. The molecule has 1 aromatic carbocycles. The molecule has 0 unspecified atom stereocenters. The fourth-order valence-electron chi connectivity index (χ4n) is 4.10. The quantitative estimate of drug-likeness (QED) is 0.744. The minimum Gasteiger partial charge on any atom is -0.342 e. The summed E-state index contributed by atoms with van der Waals surface area (Å²) in [7, 11) is -4.07. The van der Waals surface area contributed by atoms with Crippen molar-refractivity contribution in [2.75, 3.05) is 13.1 Å². The average Bonchev–Trinajstić information content (AvgIpc) is 3.41. The van der Waals surface area contributed by atoms with Gasteiger partial charge in [0.2, 0.25) is 15.9 Å². The van der Waals surface area contributed by atoms with Crippen LogP contribution in [0.5, 0.6) is 0 Å². The van der Waals surface area contributed by atoms with Gasteiger partial charge in [-0.1, -0.05) is 19.9 Å². The van der Waals surface area contributed by atoms with Crippen molar-refractivity contribution in [1.82, 2.24) is 9.62 Å². The van der Waals surface area contributed by atoms with Crippen LogP contribution in [0.1, 0.15) is 51.5 Å². The number of rotatable bonds is 6. The van der Waals surface area contributed by atoms with Crippen molar-refractivity contribution in [1.29, 1.82) is 0 Å². The Morgan fingerprint density at radius 2 is 1.86 bits per heavy atom. The number of nitrogens with one attached hydrogen (secondary N) is 1. The third-order valence-corrected chi connectivity index (χ3v) is 7.20. The third kappa shape index (κ3) is 5.12. The van der Waals surface area contributed by atoms with Crippen LogP contribution in [0.15, 0.2) is 29.2 Å². The fourth-order valence-corrected chi connectivity index (χ4v) is 5.45. The molecule has 0 aromatic heterocycles. The molecule has 0 atom stereocenters. The molecule has 1 amide bonds. The highest BCUT2D eigenvalue weighted by molar-refractivity contribution is 7.89. The lowest BCUT2D eigenvalue weighted by atomic mass is 9.92. The van der Waals surface area contributed by atoms with Crippen LogP contribution in [0.25, 0.3) is 0 Å². The number of nitrogens with zero attached hydrogens (tertiary/aromatic N) is 1.